The lowest BCUT2D eigenvalue weighted by Crippen LogP contribution is -2.29. The van der Waals surface area contributed by atoms with Crippen LogP contribution in [0.15, 0.2) is 120 Å². The molecule has 0 amide bonds. The molecule has 1 aliphatic heterocycles. The topological polar surface area (TPSA) is 37.4 Å². The van der Waals surface area contributed by atoms with E-state index in [1.807, 2.05) is 79.7 Å². The van der Waals surface area contributed by atoms with Crippen LogP contribution in [0.25, 0.3) is 33.4 Å². The van der Waals surface area contributed by atoms with E-state index in [1.54, 1.807) is 16.4 Å². The summed E-state index contributed by atoms with van der Waals surface area (Å²) < 4.78 is 29.9. The number of hydrogen-bond acceptors (Lipinski definition) is 2. The Morgan fingerprint density at radius 1 is 0.684 bits per heavy atom. The Labute approximate surface area is 229 Å². The molecule has 0 bridgehead atoms. The SMILES string of the molecule is Cc1ccc(S(=O)(=O)N2CCc3c(-c4ccc(Cl)cc4)cc(-c4ccccc4)c(-c4ccccc4)c32)cc1. The average molecular weight is 536 g/mol. The van der Waals surface area contributed by atoms with Crippen molar-refractivity contribution in [1.29, 1.82) is 0 Å². The molecule has 0 N–H and O–H groups in total. The maximum atomic E-state index is 14.1. The van der Waals surface area contributed by atoms with Gasteiger partial charge >= 0.3 is 0 Å². The fraction of sp³-hybridized carbons (Fsp3) is 0.0909. The largest absolute Gasteiger partial charge is 0.265 e. The van der Waals surface area contributed by atoms with Gasteiger partial charge in [0.1, 0.15) is 0 Å². The summed E-state index contributed by atoms with van der Waals surface area (Å²) >= 11 is 6.22. The van der Waals surface area contributed by atoms with Crippen LogP contribution in [0.1, 0.15) is 11.1 Å². The quantitative estimate of drug-likeness (QED) is 0.226. The monoisotopic (exact) mass is 535 g/mol. The van der Waals surface area contributed by atoms with Gasteiger partial charge in [-0.1, -0.05) is 102 Å². The van der Waals surface area contributed by atoms with E-state index < -0.39 is 10.0 Å². The molecule has 5 aromatic rings. The predicted molar refractivity (Wildman–Crippen MR) is 157 cm³/mol. The van der Waals surface area contributed by atoms with E-state index in [0.717, 1.165) is 50.2 Å². The molecule has 5 heteroatoms. The molecule has 0 saturated heterocycles. The summed E-state index contributed by atoms with van der Waals surface area (Å²) in [5, 5.41) is 0.665. The number of anilines is 1. The minimum atomic E-state index is -3.79. The number of rotatable bonds is 5. The highest BCUT2D eigenvalue weighted by atomic mass is 35.5. The molecule has 1 heterocycles. The van der Waals surface area contributed by atoms with Crippen molar-refractivity contribution in [3.05, 3.63) is 131 Å². The summed E-state index contributed by atoms with van der Waals surface area (Å²) in [6.07, 6.45) is 0.618. The summed E-state index contributed by atoms with van der Waals surface area (Å²) in [5.74, 6) is 0. The molecule has 0 aromatic heterocycles. The molecular weight excluding hydrogens is 510 g/mol. The predicted octanol–water partition coefficient (Wildman–Crippen LogP) is 8.40. The average Bonchev–Trinajstić information content (AvgIpc) is 3.40. The normalized spacial score (nSPS) is 12.9. The van der Waals surface area contributed by atoms with Gasteiger partial charge in [-0.3, -0.25) is 4.31 Å². The molecule has 0 atom stereocenters. The highest BCUT2D eigenvalue weighted by molar-refractivity contribution is 7.92. The summed E-state index contributed by atoms with van der Waals surface area (Å²) in [4.78, 5) is 0.299. The number of nitrogens with zero attached hydrogens (tertiary/aromatic N) is 1. The lowest BCUT2D eigenvalue weighted by molar-refractivity contribution is 0.592. The zero-order chi connectivity index (χ0) is 26.3. The third-order valence-electron chi connectivity index (χ3n) is 7.13. The van der Waals surface area contributed by atoms with Gasteiger partial charge in [0, 0.05) is 17.1 Å². The van der Waals surface area contributed by atoms with Crippen molar-refractivity contribution in [3.8, 4) is 33.4 Å². The van der Waals surface area contributed by atoms with Gasteiger partial charge in [0.25, 0.3) is 10.0 Å². The third kappa shape index (κ3) is 4.30. The molecule has 0 spiro atoms. The van der Waals surface area contributed by atoms with Crippen molar-refractivity contribution in [2.24, 2.45) is 0 Å². The first-order valence-corrected chi connectivity index (χ1v) is 14.4. The van der Waals surface area contributed by atoms with E-state index in [4.69, 9.17) is 11.6 Å². The van der Waals surface area contributed by atoms with Gasteiger partial charge in [0.2, 0.25) is 0 Å². The Morgan fingerprint density at radius 3 is 1.89 bits per heavy atom. The number of fused-ring (bicyclic) bond motifs is 1. The van der Waals surface area contributed by atoms with Crippen LogP contribution >= 0.6 is 11.6 Å². The van der Waals surface area contributed by atoms with Gasteiger partial charge in [-0.25, -0.2) is 8.42 Å². The lowest BCUT2D eigenvalue weighted by atomic mass is 9.86. The van der Waals surface area contributed by atoms with Crippen LogP contribution in [-0.4, -0.2) is 15.0 Å². The minimum absolute atomic E-state index is 0.299. The van der Waals surface area contributed by atoms with Crippen LogP contribution in [0.2, 0.25) is 5.02 Å². The van der Waals surface area contributed by atoms with Crippen molar-refractivity contribution >= 4 is 27.3 Å². The van der Waals surface area contributed by atoms with E-state index in [9.17, 15) is 8.42 Å². The highest BCUT2D eigenvalue weighted by Gasteiger charge is 2.36. The molecule has 0 saturated carbocycles. The van der Waals surface area contributed by atoms with E-state index in [1.165, 1.54) is 0 Å². The third-order valence-corrected chi connectivity index (χ3v) is 9.20. The number of halogens is 1. The second-order valence-corrected chi connectivity index (χ2v) is 11.9. The molecule has 5 aromatic carbocycles. The van der Waals surface area contributed by atoms with Crippen molar-refractivity contribution in [3.63, 3.8) is 0 Å². The molecule has 188 valence electrons. The van der Waals surface area contributed by atoms with Crippen LogP contribution < -0.4 is 4.31 Å². The molecule has 0 radical (unpaired) electrons. The van der Waals surface area contributed by atoms with Crippen LogP contribution in [0.5, 0.6) is 0 Å². The molecule has 0 aliphatic carbocycles. The zero-order valence-electron chi connectivity index (χ0n) is 20.9. The molecule has 38 heavy (non-hydrogen) atoms. The van der Waals surface area contributed by atoms with E-state index >= 15 is 0 Å². The Balaban J connectivity index is 1.69. The maximum Gasteiger partial charge on any atom is 0.264 e. The molecule has 6 rings (SSSR count). The maximum absolute atomic E-state index is 14.1. The fourth-order valence-electron chi connectivity index (χ4n) is 5.27. The fourth-order valence-corrected chi connectivity index (χ4v) is 6.90. The van der Waals surface area contributed by atoms with Gasteiger partial charge in [-0.15, -0.1) is 0 Å². The van der Waals surface area contributed by atoms with Gasteiger partial charge in [-0.2, -0.15) is 0 Å². The summed E-state index contributed by atoms with van der Waals surface area (Å²) in [6.45, 7) is 2.34. The van der Waals surface area contributed by atoms with Crippen LogP contribution in [0.3, 0.4) is 0 Å². The molecule has 0 fully saturated rings. The summed E-state index contributed by atoms with van der Waals surface area (Å²) in [7, 11) is -3.79. The Hall–Kier alpha value is -3.86. The summed E-state index contributed by atoms with van der Waals surface area (Å²) in [5.41, 5.74) is 8.77. The van der Waals surface area contributed by atoms with Gasteiger partial charge in [-0.05, 0) is 77.1 Å². The van der Waals surface area contributed by atoms with Gasteiger partial charge in [0.15, 0.2) is 0 Å². The van der Waals surface area contributed by atoms with Crippen LogP contribution in [-0.2, 0) is 16.4 Å². The first kappa shape index (κ1) is 24.5. The number of sulfonamides is 1. The van der Waals surface area contributed by atoms with Gasteiger partial charge in [0.05, 0.1) is 10.6 Å². The summed E-state index contributed by atoms with van der Waals surface area (Å²) in [6, 6.07) is 37.3. The Bertz CT molecular complexity index is 1720. The zero-order valence-corrected chi connectivity index (χ0v) is 22.5. The second kappa shape index (κ2) is 9.79. The second-order valence-electron chi connectivity index (χ2n) is 9.55. The van der Waals surface area contributed by atoms with Crippen molar-refractivity contribution in [1.82, 2.24) is 0 Å². The molecular formula is C33H26ClNO2S. The Kier molecular flexibility index (Phi) is 6.30. The smallest absolute Gasteiger partial charge is 0.264 e. The van der Waals surface area contributed by atoms with E-state index in [2.05, 4.69) is 30.3 Å². The lowest BCUT2D eigenvalue weighted by Gasteiger charge is -2.26. The van der Waals surface area contributed by atoms with Crippen molar-refractivity contribution < 1.29 is 8.42 Å². The van der Waals surface area contributed by atoms with Gasteiger partial charge < -0.3 is 0 Å². The van der Waals surface area contributed by atoms with E-state index in [0.29, 0.717) is 22.9 Å². The molecule has 0 unspecified atom stereocenters. The highest BCUT2D eigenvalue weighted by Crippen LogP contribution is 2.50. The minimum Gasteiger partial charge on any atom is -0.265 e. The van der Waals surface area contributed by atoms with Crippen molar-refractivity contribution in [2.45, 2.75) is 18.2 Å². The first-order chi connectivity index (χ1) is 18.4. The first-order valence-electron chi connectivity index (χ1n) is 12.6. The number of benzene rings is 5. The van der Waals surface area contributed by atoms with E-state index in [-0.39, 0.29) is 0 Å². The van der Waals surface area contributed by atoms with Crippen molar-refractivity contribution in [2.75, 3.05) is 10.8 Å². The molecule has 1 aliphatic rings. The van der Waals surface area contributed by atoms with Crippen LogP contribution in [0.4, 0.5) is 5.69 Å². The standard InChI is InChI=1S/C33H26ClNO2S/c1-23-12-18-28(19-13-23)38(36,37)35-21-20-29-30(25-14-16-27(34)17-15-25)22-31(24-8-4-2-5-9-24)32(33(29)35)26-10-6-3-7-11-26/h2-19,22H,20-21H2,1H3. The van der Waals surface area contributed by atoms with Crippen LogP contribution in [0, 0.1) is 6.92 Å². The molecule has 3 nitrogen and oxygen atoms in total. The number of hydrogen-bond donors (Lipinski definition) is 0. The Morgan fingerprint density at radius 2 is 1.26 bits per heavy atom. The number of aryl methyl sites for hydroxylation is 1.